The molecule has 12 heteroatoms. The quantitative estimate of drug-likeness (QED) is 0.0228. The van der Waals surface area contributed by atoms with E-state index in [1.807, 2.05) is 12.2 Å². The molecule has 480 valence electrons. The lowest BCUT2D eigenvalue weighted by Crippen LogP contribution is -2.61. The minimum atomic E-state index is -1.92. The number of aliphatic hydroxyl groups excluding tert-OH is 2. The van der Waals surface area contributed by atoms with Gasteiger partial charge >= 0.3 is 23.9 Å². The molecule has 1 heterocycles. The molecule has 0 aromatic heterocycles. The maximum Gasteiger partial charge on any atom is 0.335 e. The molecule has 0 aliphatic carbocycles. The molecule has 0 aromatic rings. The van der Waals surface area contributed by atoms with Gasteiger partial charge in [-0.1, -0.05) is 244 Å². The molecular weight excluding hydrogens is 1070 g/mol. The molecule has 1 rings (SSSR count). The number of carbonyl (C=O) groups excluding carboxylic acids is 3. The predicted octanol–water partition coefficient (Wildman–Crippen LogP) is 18.1. The highest BCUT2D eigenvalue weighted by molar-refractivity contribution is 5.74. The number of rotatable bonds is 55. The van der Waals surface area contributed by atoms with Crippen molar-refractivity contribution in [2.45, 2.75) is 289 Å². The second kappa shape index (κ2) is 59.2. The van der Waals surface area contributed by atoms with E-state index in [1.165, 1.54) is 44.9 Å². The smallest absolute Gasteiger partial charge is 0.335 e. The van der Waals surface area contributed by atoms with Crippen molar-refractivity contribution in [1.82, 2.24) is 0 Å². The molecule has 0 amide bonds. The van der Waals surface area contributed by atoms with E-state index in [-0.39, 0.29) is 25.9 Å². The Hall–Kier alpha value is -5.14. The zero-order valence-corrected chi connectivity index (χ0v) is 53.1. The Bertz CT molecular complexity index is 1990. The summed E-state index contributed by atoms with van der Waals surface area (Å²) in [6, 6.07) is 0. The average molecular weight is 1190 g/mol. The largest absolute Gasteiger partial charge is 0.479 e. The summed E-state index contributed by atoms with van der Waals surface area (Å²) in [5.74, 6) is -3.27. The monoisotopic (exact) mass is 1180 g/mol. The molecule has 1 saturated heterocycles. The fraction of sp³-hybridized carbons (Fsp3) is 0.644. The first-order chi connectivity index (χ1) is 41.6. The van der Waals surface area contributed by atoms with Gasteiger partial charge in [-0.15, -0.1) is 0 Å². The van der Waals surface area contributed by atoms with Crippen molar-refractivity contribution >= 4 is 23.9 Å². The summed E-state index contributed by atoms with van der Waals surface area (Å²) >= 11 is 0. The number of hydrogen-bond donors (Lipinski definition) is 3. The number of unbranched alkanes of at least 4 members (excludes halogenated alkanes) is 19. The zero-order chi connectivity index (χ0) is 61.7. The molecule has 1 aliphatic heterocycles. The first-order valence-electron chi connectivity index (χ1n) is 33.2. The molecule has 6 atom stereocenters. The van der Waals surface area contributed by atoms with E-state index in [1.54, 1.807) is 0 Å². The van der Waals surface area contributed by atoms with Crippen LogP contribution in [-0.2, 0) is 42.9 Å². The summed E-state index contributed by atoms with van der Waals surface area (Å²) in [6.45, 7) is 5.70. The number of allylic oxidation sites excluding steroid dienone is 22. The van der Waals surface area contributed by atoms with Crippen LogP contribution >= 0.6 is 0 Å². The van der Waals surface area contributed by atoms with Gasteiger partial charge in [0, 0.05) is 19.3 Å². The van der Waals surface area contributed by atoms with Crippen LogP contribution in [0.15, 0.2) is 134 Å². The summed E-state index contributed by atoms with van der Waals surface area (Å²) in [5.41, 5.74) is 0. The van der Waals surface area contributed by atoms with E-state index in [2.05, 4.69) is 142 Å². The summed E-state index contributed by atoms with van der Waals surface area (Å²) < 4.78 is 28.5. The number of aliphatic hydroxyl groups is 2. The number of aliphatic carboxylic acids is 1. The van der Waals surface area contributed by atoms with Crippen LogP contribution in [0.3, 0.4) is 0 Å². The number of hydrogen-bond acceptors (Lipinski definition) is 11. The van der Waals surface area contributed by atoms with Gasteiger partial charge in [0.15, 0.2) is 24.6 Å². The maximum absolute atomic E-state index is 13.2. The third kappa shape index (κ3) is 48.6. The van der Waals surface area contributed by atoms with E-state index in [4.69, 9.17) is 23.7 Å². The molecule has 85 heavy (non-hydrogen) atoms. The second-order valence-electron chi connectivity index (χ2n) is 22.0. The van der Waals surface area contributed by atoms with Gasteiger partial charge in [-0.25, -0.2) is 4.79 Å². The number of esters is 3. The van der Waals surface area contributed by atoms with Crippen LogP contribution in [0.1, 0.15) is 252 Å². The van der Waals surface area contributed by atoms with Crippen LogP contribution in [0, 0.1) is 0 Å². The van der Waals surface area contributed by atoms with Crippen LogP contribution in [-0.4, -0.2) is 89.2 Å². The number of carbonyl (C=O) groups is 4. The van der Waals surface area contributed by atoms with Crippen LogP contribution in [0.25, 0.3) is 0 Å². The third-order valence-electron chi connectivity index (χ3n) is 14.2. The van der Waals surface area contributed by atoms with Crippen molar-refractivity contribution in [3.05, 3.63) is 134 Å². The van der Waals surface area contributed by atoms with Gasteiger partial charge < -0.3 is 39.0 Å². The lowest BCUT2D eigenvalue weighted by molar-refractivity contribution is -0.301. The average Bonchev–Trinajstić information content (AvgIpc) is 3.46. The van der Waals surface area contributed by atoms with Crippen molar-refractivity contribution in [1.29, 1.82) is 0 Å². The van der Waals surface area contributed by atoms with Gasteiger partial charge in [0.1, 0.15) is 18.8 Å². The van der Waals surface area contributed by atoms with Crippen LogP contribution in [0.2, 0.25) is 0 Å². The van der Waals surface area contributed by atoms with Crippen LogP contribution in [0.4, 0.5) is 0 Å². The fourth-order valence-electron chi connectivity index (χ4n) is 9.20. The summed E-state index contributed by atoms with van der Waals surface area (Å²) in [7, 11) is 0. The second-order valence-corrected chi connectivity index (χ2v) is 22.0. The Morgan fingerprint density at radius 3 is 1.19 bits per heavy atom. The molecular formula is C73H116O12. The Morgan fingerprint density at radius 1 is 0.400 bits per heavy atom. The molecule has 3 N–H and O–H groups in total. The minimum Gasteiger partial charge on any atom is -0.479 e. The molecule has 6 unspecified atom stereocenters. The van der Waals surface area contributed by atoms with E-state index >= 15 is 0 Å². The minimum absolute atomic E-state index is 0.0403. The number of carboxylic acid groups (broad SMARTS) is 1. The highest BCUT2D eigenvalue weighted by atomic mass is 16.7. The predicted molar refractivity (Wildman–Crippen MR) is 349 cm³/mol. The van der Waals surface area contributed by atoms with E-state index in [0.29, 0.717) is 19.3 Å². The maximum atomic E-state index is 13.2. The molecule has 12 nitrogen and oxygen atoms in total. The molecule has 1 aliphatic rings. The molecule has 1 fully saturated rings. The Labute approximate surface area is 515 Å². The summed E-state index contributed by atoms with van der Waals surface area (Å²) in [6.07, 6.45) is 71.3. The third-order valence-corrected chi connectivity index (χ3v) is 14.2. The standard InChI is InChI=1S/C73H116O12/c1-4-7-10-13-16-19-22-25-28-31-33-36-38-41-44-47-50-53-56-59-65(74)81-62-64(83-66(75)60-57-54-51-48-45-42-40-37-34-32-29-26-23-20-17-14-11-8-5-2)63-82-73-71(69(78)68(77)70(85-73)72(79)80)84-67(76)61-58-55-52-49-46-43-39-35-30-27-24-21-18-15-12-9-6-3/h7-8,10-11,16-17,19-20,25-30,33-34,36-37,41,44,50,53,64,68-71,73,77-78H,4-6,9,12-15,18,21-24,31-32,35,38-40,42-43,45-49,51-52,54-63H2,1-3H3,(H,79,80)/b10-7-,11-8-,19-16-,20-17-,28-25-,29-26-,30-27-,36-33-,37-34-,44-41-,53-50-. The lowest BCUT2D eigenvalue weighted by atomic mass is 9.98. The van der Waals surface area contributed by atoms with Gasteiger partial charge in [-0.05, 0) is 122 Å². The van der Waals surface area contributed by atoms with Crippen molar-refractivity contribution in [2.24, 2.45) is 0 Å². The normalized spacial score (nSPS) is 18.3. The topological polar surface area (TPSA) is 175 Å². The van der Waals surface area contributed by atoms with Gasteiger partial charge in [0.25, 0.3) is 0 Å². The summed E-state index contributed by atoms with van der Waals surface area (Å²) in [4.78, 5) is 51.4. The van der Waals surface area contributed by atoms with E-state index < -0.39 is 67.3 Å². The van der Waals surface area contributed by atoms with E-state index in [0.717, 1.165) is 148 Å². The first-order valence-corrected chi connectivity index (χ1v) is 33.2. The van der Waals surface area contributed by atoms with Crippen molar-refractivity contribution in [2.75, 3.05) is 13.2 Å². The van der Waals surface area contributed by atoms with Gasteiger partial charge in [-0.3, -0.25) is 14.4 Å². The molecule has 0 aromatic carbocycles. The SMILES string of the molecule is CC/C=C\C/C=C\C/C=C\C/C=C\C/C=C\C/C=C\CCC(=O)OCC(COC1OC(C(=O)O)C(O)C(O)C1OC(=O)CCCCCCCCC/C=C\CCCCCCCC)OC(=O)CCCCCCCC/C=C\C/C=C\C/C=C\C/C=C\CC. The summed E-state index contributed by atoms with van der Waals surface area (Å²) in [5, 5.41) is 31.6. The molecule has 0 radical (unpaired) electrons. The lowest BCUT2D eigenvalue weighted by Gasteiger charge is -2.40. The van der Waals surface area contributed by atoms with Gasteiger partial charge in [0.2, 0.25) is 0 Å². The van der Waals surface area contributed by atoms with Gasteiger partial charge in [0.05, 0.1) is 6.61 Å². The fourth-order valence-corrected chi connectivity index (χ4v) is 9.20. The number of carboxylic acids is 1. The molecule has 0 spiro atoms. The van der Waals surface area contributed by atoms with Crippen molar-refractivity contribution < 1.29 is 58.2 Å². The Balaban J connectivity index is 2.73. The zero-order valence-electron chi connectivity index (χ0n) is 53.1. The van der Waals surface area contributed by atoms with Crippen molar-refractivity contribution in [3.63, 3.8) is 0 Å². The van der Waals surface area contributed by atoms with E-state index in [9.17, 15) is 34.5 Å². The molecule has 0 bridgehead atoms. The Kier molecular flexibility index (Phi) is 54.2. The van der Waals surface area contributed by atoms with Gasteiger partial charge in [-0.2, -0.15) is 0 Å². The van der Waals surface area contributed by atoms with Crippen LogP contribution in [0.5, 0.6) is 0 Å². The Morgan fingerprint density at radius 2 is 0.765 bits per heavy atom. The molecule has 0 saturated carbocycles. The highest BCUT2D eigenvalue weighted by Crippen LogP contribution is 2.26. The van der Waals surface area contributed by atoms with Crippen LogP contribution < -0.4 is 0 Å². The first kappa shape index (κ1) is 77.9. The highest BCUT2D eigenvalue weighted by Gasteiger charge is 2.50. The number of ether oxygens (including phenoxy) is 5. The van der Waals surface area contributed by atoms with Crippen molar-refractivity contribution in [3.8, 4) is 0 Å².